The Hall–Kier alpha value is -2.29. The van der Waals surface area contributed by atoms with Crippen molar-refractivity contribution in [1.82, 2.24) is 8.87 Å². The lowest BCUT2D eigenvalue weighted by molar-refractivity contribution is 0.0997. The Morgan fingerprint density at radius 1 is 1.00 bits per heavy atom. The van der Waals surface area contributed by atoms with Crippen molar-refractivity contribution in [2.24, 2.45) is 16.8 Å². The van der Waals surface area contributed by atoms with E-state index >= 15 is 0 Å². The van der Waals surface area contributed by atoms with Gasteiger partial charge in [0.25, 0.3) is 5.91 Å². The van der Waals surface area contributed by atoms with Crippen LogP contribution in [0.2, 0.25) is 0 Å². The molecule has 0 atom stereocenters. The SMILES string of the molecule is CCn1c(=NC(=O)c2ccc(S(=O)(=O)N(CC(C)C)CC(C)C)cc2)sc2ccccc21. The van der Waals surface area contributed by atoms with Gasteiger partial charge in [-0.05, 0) is 55.2 Å². The molecular formula is C24H31N3O3S2. The van der Waals surface area contributed by atoms with E-state index < -0.39 is 10.0 Å². The number of thiazole rings is 1. The largest absolute Gasteiger partial charge is 0.317 e. The first-order valence-corrected chi connectivity index (χ1v) is 13.2. The van der Waals surface area contributed by atoms with Crippen molar-refractivity contribution < 1.29 is 13.2 Å². The number of hydrogen-bond donors (Lipinski definition) is 0. The Bertz CT molecular complexity index is 1240. The second kappa shape index (κ2) is 10.1. The molecule has 3 rings (SSSR count). The average molecular weight is 474 g/mol. The molecule has 32 heavy (non-hydrogen) atoms. The van der Waals surface area contributed by atoms with Crippen molar-refractivity contribution >= 4 is 37.5 Å². The first-order chi connectivity index (χ1) is 15.1. The fourth-order valence-electron chi connectivity index (χ4n) is 3.57. The third-order valence-corrected chi connectivity index (χ3v) is 7.88. The maximum Gasteiger partial charge on any atom is 0.279 e. The number of hydrogen-bond acceptors (Lipinski definition) is 4. The Kier molecular flexibility index (Phi) is 7.69. The smallest absolute Gasteiger partial charge is 0.279 e. The standard InChI is InChI=1S/C24H31N3O3S2/c1-6-27-21-9-7-8-10-22(21)31-24(27)25-23(28)19-11-13-20(14-12-19)32(29,30)26(15-17(2)3)16-18(4)5/h7-14,17-18H,6,15-16H2,1-5H3. The topological polar surface area (TPSA) is 71.7 Å². The number of sulfonamides is 1. The van der Waals surface area contributed by atoms with Gasteiger partial charge in [-0.1, -0.05) is 51.2 Å². The fraction of sp³-hybridized carbons (Fsp3) is 0.417. The molecule has 0 aliphatic carbocycles. The van der Waals surface area contributed by atoms with E-state index in [1.807, 2.05) is 63.5 Å². The van der Waals surface area contributed by atoms with Crippen LogP contribution in [0.25, 0.3) is 10.2 Å². The van der Waals surface area contributed by atoms with Crippen LogP contribution in [0.4, 0.5) is 0 Å². The third-order valence-electron chi connectivity index (χ3n) is 4.98. The zero-order valence-electron chi connectivity index (χ0n) is 19.3. The Labute approximate surface area is 194 Å². The van der Waals surface area contributed by atoms with Crippen LogP contribution in [-0.2, 0) is 16.6 Å². The number of amides is 1. The molecule has 0 unspecified atom stereocenters. The Morgan fingerprint density at radius 2 is 1.59 bits per heavy atom. The van der Waals surface area contributed by atoms with E-state index in [2.05, 4.69) is 4.99 Å². The van der Waals surface area contributed by atoms with Gasteiger partial charge >= 0.3 is 0 Å². The van der Waals surface area contributed by atoms with Crippen LogP contribution in [-0.4, -0.2) is 36.3 Å². The molecule has 8 heteroatoms. The summed E-state index contributed by atoms with van der Waals surface area (Å²) in [5.41, 5.74) is 1.41. The molecule has 3 aromatic rings. The van der Waals surface area contributed by atoms with E-state index in [1.165, 1.54) is 27.8 Å². The van der Waals surface area contributed by atoms with Crippen LogP contribution in [0.15, 0.2) is 58.4 Å². The predicted molar refractivity (Wildman–Crippen MR) is 130 cm³/mol. The summed E-state index contributed by atoms with van der Waals surface area (Å²) in [5, 5.41) is 0. The number of carbonyl (C=O) groups is 1. The summed E-state index contributed by atoms with van der Waals surface area (Å²) in [6.07, 6.45) is 0. The van der Waals surface area contributed by atoms with Crippen molar-refractivity contribution in [2.45, 2.75) is 46.1 Å². The maximum atomic E-state index is 13.2. The van der Waals surface area contributed by atoms with Crippen molar-refractivity contribution in [1.29, 1.82) is 0 Å². The molecule has 0 saturated carbocycles. The molecule has 6 nitrogen and oxygen atoms in total. The Morgan fingerprint density at radius 3 is 2.16 bits per heavy atom. The minimum atomic E-state index is -3.63. The van der Waals surface area contributed by atoms with Gasteiger partial charge in [0, 0.05) is 25.2 Å². The predicted octanol–water partition coefficient (Wildman–Crippen LogP) is 4.77. The van der Waals surface area contributed by atoms with Gasteiger partial charge in [-0.15, -0.1) is 0 Å². The lowest BCUT2D eigenvalue weighted by atomic mass is 10.2. The highest BCUT2D eigenvalue weighted by Crippen LogP contribution is 2.20. The number of para-hydroxylation sites is 1. The molecule has 2 aromatic carbocycles. The second-order valence-corrected chi connectivity index (χ2v) is 11.6. The number of fused-ring (bicyclic) bond motifs is 1. The van der Waals surface area contributed by atoms with Crippen molar-refractivity contribution in [3.63, 3.8) is 0 Å². The van der Waals surface area contributed by atoms with Crippen LogP contribution >= 0.6 is 11.3 Å². The van der Waals surface area contributed by atoms with Crippen molar-refractivity contribution in [3.8, 4) is 0 Å². The minimum Gasteiger partial charge on any atom is -0.317 e. The summed E-state index contributed by atoms with van der Waals surface area (Å²) in [6.45, 7) is 11.6. The molecule has 1 aromatic heterocycles. The molecule has 0 spiro atoms. The van der Waals surface area contributed by atoms with E-state index in [4.69, 9.17) is 0 Å². The lowest BCUT2D eigenvalue weighted by Gasteiger charge is -2.25. The van der Waals surface area contributed by atoms with Gasteiger partial charge in [0.1, 0.15) is 0 Å². The number of aryl methyl sites for hydroxylation is 1. The van der Waals surface area contributed by atoms with Gasteiger partial charge in [0.2, 0.25) is 10.0 Å². The number of rotatable bonds is 8. The molecular weight excluding hydrogens is 442 g/mol. The minimum absolute atomic E-state index is 0.195. The van der Waals surface area contributed by atoms with E-state index in [-0.39, 0.29) is 22.6 Å². The molecule has 0 aliphatic rings. The normalized spacial score (nSPS) is 13.1. The fourth-order valence-corrected chi connectivity index (χ4v) is 6.43. The first-order valence-electron chi connectivity index (χ1n) is 10.9. The van der Waals surface area contributed by atoms with Gasteiger partial charge < -0.3 is 4.57 Å². The molecule has 1 heterocycles. The summed E-state index contributed by atoms with van der Waals surface area (Å²) in [4.78, 5) is 18.0. The van der Waals surface area contributed by atoms with Gasteiger partial charge in [-0.25, -0.2) is 8.42 Å². The van der Waals surface area contributed by atoms with Crippen LogP contribution in [0, 0.1) is 11.8 Å². The summed E-state index contributed by atoms with van der Waals surface area (Å²) >= 11 is 1.47. The summed E-state index contributed by atoms with van der Waals surface area (Å²) < 4.78 is 31.0. The number of benzene rings is 2. The van der Waals surface area contributed by atoms with Crippen LogP contribution in [0.5, 0.6) is 0 Å². The van der Waals surface area contributed by atoms with Gasteiger partial charge in [-0.3, -0.25) is 4.79 Å². The van der Waals surface area contributed by atoms with Crippen LogP contribution in [0.1, 0.15) is 45.0 Å². The zero-order chi connectivity index (χ0) is 23.5. The second-order valence-electron chi connectivity index (χ2n) is 8.65. The first kappa shape index (κ1) is 24.4. The van der Waals surface area contributed by atoms with Gasteiger partial charge in [0.05, 0.1) is 15.1 Å². The maximum absolute atomic E-state index is 13.2. The van der Waals surface area contributed by atoms with Crippen LogP contribution in [0.3, 0.4) is 0 Å². The molecule has 172 valence electrons. The highest BCUT2D eigenvalue weighted by atomic mass is 32.2. The lowest BCUT2D eigenvalue weighted by Crippen LogP contribution is -2.37. The average Bonchev–Trinajstić information content (AvgIpc) is 3.09. The quantitative estimate of drug-likeness (QED) is 0.473. The zero-order valence-corrected chi connectivity index (χ0v) is 20.9. The summed E-state index contributed by atoms with van der Waals surface area (Å²) in [5.74, 6) is 0.0495. The monoisotopic (exact) mass is 473 g/mol. The molecule has 0 bridgehead atoms. The van der Waals surface area contributed by atoms with Crippen molar-refractivity contribution in [2.75, 3.05) is 13.1 Å². The molecule has 1 amide bonds. The molecule has 0 N–H and O–H groups in total. The van der Waals surface area contributed by atoms with Crippen molar-refractivity contribution in [3.05, 3.63) is 58.9 Å². The van der Waals surface area contributed by atoms with E-state index in [0.29, 0.717) is 30.0 Å². The Balaban J connectivity index is 1.91. The molecule has 0 saturated heterocycles. The summed E-state index contributed by atoms with van der Waals surface area (Å²) in [7, 11) is -3.63. The third kappa shape index (κ3) is 5.36. The highest BCUT2D eigenvalue weighted by Gasteiger charge is 2.26. The number of aromatic nitrogens is 1. The van der Waals surface area contributed by atoms with Gasteiger partial charge in [0.15, 0.2) is 4.80 Å². The molecule has 0 fully saturated rings. The van der Waals surface area contributed by atoms with Crippen LogP contribution < -0.4 is 4.80 Å². The number of carbonyl (C=O) groups excluding carboxylic acids is 1. The molecule has 0 aliphatic heterocycles. The van der Waals surface area contributed by atoms with E-state index in [1.54, 1.807) is 12.1 Å². The molecule has 0 radical (unpaired) electrons. The highest BCUT2D eigenvalue weighted by molar-refractivity contribution is 7.89. The summed E-state index contributed by atoms with van der Waals surface area (Å²) in [6, 6.07) is 14.1. The van der Waals surface area contributed by atoms with Gasteiger partial charge in [-0.2, -0.15) is 9.30 Å². The van der Waals surface area contributed by atoms with E-state index in [9.17, 15) is 13.2 Å². The van der Waals surface area contributed by atoms with E-state index in [0.717, 1.165) is 10.2 Å². The number of nitrogens with zero attached hydrogens (tertiary/aromatic N) is 3.